The van der Waals surface area contributed by atoms with Gasteiger partial charge in [-0.25, -0.2) is 4.79 Å². The van der Waals surface area contributed by atoms with Gasteiger partial charge in [0, 0.05) is 13.1 Å². The number of alkyl carbamates (subject to hydrolysis) is 1. The second-order valence-corrected chi connectivity index (χ2v) is 8.75. The zero-order valence-corrected chi connectivity index (χ0v) is 20.1. The molecule has 0 aromatic heterocycles. The van der Waals surface area contributed by atoms with Crippen molar-refractivity contribution in [1.29, 1.82) is 0 Å². The third kappa shape index (κ3) is 8.59. The second kappa shape index (κ2) is 12.3. The average Bonchev–Trinajstić information content (AvgIpc) is 2.68. The number of hydrogen-bond donors (Lipinski definition) is 2. The van der Waals surface area contributed by atoms with Gasteiger partial charge >= 0.3 is 6.09 Å². The first-order chi connectivity index (χ1) is 14.5. The van der Waals surface area contributed by atoms with Crippen molar-refractivity contribution in [3.8, 4) is 0 Å². The minimum absolute atomic E-state index is 0.218. The van der Waals surface area contributed by atoms with Gasteiger partial charge in [-0.15, -0.1) is 0 Å². The van der Waals surface area contributed by atoms with E-state index in [-0.39, 0.29) is 11.8 Å². The van der Waals surface area contributed by atoms with Crippen LogP contribution in [0.1, 0.15) is 78.0 Å². The van der Waals surface area contributed by atoms with E-state index in [1.165, 1.54) is 4.90 Å². The van der Waals surface area contributed by atoms with Gasteiger partial charge in [-0.1, -0.05) is 44.0 Å². The molecule has 0 aliphatic carbocycles. The lowest BCUT2D eigenvalue weighted by atomic mass is 9.98. The molecule has 7 heteroatoms. The van der Waals surface area contributed by atoms with Gasteiger partial charge in [0.05, 0.1) is 0 Å². The summed E-state index contributed by atoms with van der Waals surface area (Å²) >= 11 is 0. The second-order valence-electron chi connectivity index (χ2n) is 8.75. The molecule has 0 aliphatic rings. The van der Waals surface area contributed by atoms with Gasteiger partial charge in [0.25, 0.3) is 0 Å². The third-order valence-electron chi connectivity index (χ3n) is 4.85. The summed E-state index contributed by atoms with van der Waals surface area (Å²) in [5, 5.41) is 5.57. The quantitative estimate of drug-likeness (QED) is 0.544. The largest absolute Gasteiger partial charge is 0.444 e. The van der Waals surface area contributed by atoms with Crippen LogP contribution in [0.25, 0.3) is 0 Å². The molecular formula is C24H39N3O4. The summed E-state index contributed by atoms with van der Waals surface area (Å²) < 4.78 is 5.26. The molecule has 2 unspecified atom stereocenters. The standard InChI is InChI=1S/C24H39N3O4/c1-8-10-13-16-25-21(28)20(19-15-12-11-14-17(19)3)27(9-2)22(29)18(4)26-23(30)31-24(5,6)7/h11-12,14-15,18,20H,8-10,13,16H2,1-7H3,(H,25,28)(H,26,30). The Kier molecular flexibility index (Phi) is 10.5. The van der Waals surface area contributed by atoms with Crippen molar-refractivity contribution < 1.29 is 19.1 Å². The van der Waals surface area contributed by atoms with Crippen molar-refractivity contribution >= 4 is 17.9 Å². The molecule has 1 aromatic carbocycles. The number of carbonyl (C=O) groups excluding carboxylic acids is 3. The molecule has 0 fully saturated rings. The van der Waals surface area contributed by atoms with Crippen molar-refractivity contribution in [2.24, 2.45) is 0 Å². The highest BCUT2D eigenvalue weighted by Crippen LogP contribution is 2.25. The van der Waals surface area contributed by atoms with Crippen LogP contribution in [-0.2, 0) is 14.3 Å². The predicted octanol–water partition coefficient (Wildman–Crippen LogP) is 4.10. The van der Waals surface area contributed by atoms with Gasteiger partial charge in [0.15, 0.2) is 0 Å². The van der Waals surface area contributed by atoms with Crippen molar-refractivity contribution in [3.63, 3.8) is 0 Å². The highest BCUT2D eigenvalue weighted by atomic mass is 16.6. The minimum Gasteiger partial charge on any atom is -0.444 e. The fourth-order valence-corrected chi connectivity index (χ4v) is 3.29. The van der Waals surface area contributed by atoms with Gasteiger partial charge in [-0.05, 0) is 59.1 Å². The van der Waals surface area contributed by atoms with Crippen molar-refractivity contribution in [2.45, 2.75) is 85.4 Å². The molecule has 0 bridgehead atoms. The molecule has 7 nitrogen and oxygen atoms in total. The van der Waals surface area contributed by atoms with Crippen LogP contribution >= 0.6 is 0 Å². The normalized spacial score (nSPS) is 13.1. The Balaban J connectivity index is 3.10. The van der Waals surface area contributed by atoms with Gasteiger partial charge < -0.3 is 20.3 Å². The first-order valence-corrected chi connectivity index (χ1v) is 11.1. The summed E-state index contributed by atoms with van der Waals surface area (Å²) in [5.74, 6) is -0.560. The Hall–Kier alpha value is -2.57. The molecule has 1 aromatic rings. The summed E-state index contributed by atoms with van der Waals surface area (Å²) in [4.78, 5) is 40.1. The summed E-state index contributed by atoms with van der Waals surface area (Å²) in [5.41, 5.74) is 1.03. The molecule has 31 heavy (non-hydrogen) atoms. The topological polar surface area (TPSA) is 87.7 Å². The maximum atomic E-state index is 13.3. The van der Waals surface area contributed by atoms with Gasteiger partial charge in [-0.3, -0.25) is 9.59 Å². The molecule has 0 saturated heterocycles. The number of hydrogen-bond acceptors (Lipinski definition) is 4. The van der Waals surface area contributed by atoms with Gasteiger partial charge in [0.1, 0.15) is 17.7 Å². The van der Waals surface area contributed by atoms with Crippen LogP contribution in [0.3, 0.4) is 0 Å². The van der Waals surface area contributed by atoms with Crippen LogP contribution in [0.15, 0.2) is 24.3 Å². The maximum Gasteiger partial charge on any atom is 0.408 e. The first-order valence-electron chi connectivity index (χ1n) is 11.1. The zero-order chi connectivity index (χ0) is 23.6. The van der Waals surface area contributed by atoms with E-state index >= 15 is 0 Å². The van der Waals surface area contributed by atoms with Crippen LogP contribution in [0.5, 0.6) is 0 Å². The van der Waals surface area contributed by atoms with Crippen LogP contribution < -0.4 is 10.6 Å². The minimum atomic E-state index is -0.839. The SMILES string of the molecule is CCCCCNC(=O)C(c1ccccc1C)N(CC)C(=O)C(C)NC(=O)OC(C)(C)C. The number of rotatable bonds is 10. The molecular weight excluding hydrogens is 394 g/mol. The Morgan fingerprint density at radius 1 is 1.10 bits per heavy atom. The number of likely N-dealkylation sites (N-methyl/N-ethyl adjacent to an activating group) is 1. The van der Waals surface area contributed by atoms with Crippen molar-refractivity contribution in [3.05, 3.63) is 35.4 Å². The Bertz CT molecular complexity index is 743. The predicted molar refractivity (Wildman–Crippen MR) is 123 cm³/mol. The number of benzene rings is 1. The number of nitrogens with zero attached hydrogens (tertiary/aromatic N) is 1. The molecule has 1 rings (SSSR count). The average molecular weight is 434 g/mol. The molecule has 0 spiro atoms. The fraction of sp³-hybridized carbons (Fsp3) is 0.625. The molecule has 3 amide bonds. The summed E-state index contributed by atoms with van der Waals surface area (Å²) in [6.45, 7) is 13.6. The van der Waals surface area contributed by atoms with Crippen LogP contribution in [-0.4, -0.2) is 47.5 Å². The lowest BCUT2D eigenvalue weighted by Crippen LogP contribution is -2.52. The lowest BCUT2D eigenvalue weighted by Gasteiger charge is -2.33. The number of aryl methyl sites for hydroxylation is 1. The lowest BCUT2D eigenvalue weighted by molar-refractivity contribution is -0.142. The van der Waals surface area contributed by atoms with E-state index in [0.29, 0.717) is 13.1 Å². The number of unbranched alkanes of at least 4 members (excludes halogenated alkanes) is 2. The monoisotopic (exact) mass is 433 g/mol. The highest BCUT2D eigenvalue weighted by molar-refractivity contribution is 5.92. The van der Waals surface area contributed by atoms with E-state index in [1.807, 2.05) is 38.1 Å². The van der Waals surface area contributed by atoms with Crippen LogP contribution in [0, 0.1) is 6.92 Å². The van der Waals surface area contributed by atoms with Gasteiger partial charge in [-0.2, -0.15) is 0 Å². The van der Waals surface area contributed by atoms with Crippen molar-refractivity contribution in [1.82, 2.24) is 15.5 Å². The van der Waals surface area contributed by atoms with E-state index in [9.17, 15) is 14.4 Å². The number of carbonyl (C=O) groups is 3. The molecule has 2 N–H and O–H groups in total. The smallest absolute Gasteiger partial charge is 0.408 e. The molecule has 174 valence electrons. The van der Waals surface area contributed by atoms with E-state index in [4.69, 9.17) is 4.74 Å². The maximum absolute atomic E-state index is 13.3. The molecule has 0 aliphatic heterocycles. The van der Waals surface area contributed by atoms with E-state index in [1.54, 1.807) is 27.7 Å². The van der Waals surface area contributed by atoms with Gasteiger partial charge in [0.2, 0.25) is 11.8 Å². The zero-order valence-electron chi connectivity index (χ0n) is 20.1. The third-order valence-corrected chi connectivity index (χ3v) is 4.85. The molecule has 0 saturated carbocycles. The number of nitrogens with one attached hydrogen (secondary N) is 2. The van der Waals surface area contributed by atoms with Crippen LogP contribution in [0.2, 0.25) is 0 Å². The number of amides is 3. The molecule has 0 radical (unpaired) electrons. The molecule has 2 atom stereocenters. The Labute approximate surface area is 186 Å². The molecule has 0 heterocycles. The highest BCUT2D eigenvalue weighted by Gasteiger charge is 2.34. The van der Waals surface area contributed by atoms with E-state index < -0.39 is 23.8 Å². The summed E-state index contributed by atoms with van der Waals surface area (Å²) in [7, 11) is 0. The first kappa shape index (κ1) is 26.5. The Morgan fingerprint density at radius 3 is 2.29 bits per heavy atom. The van der Waals surface area contributed by atoms with E-state index in [2.05, 4.69) is 17.6 Å². The van der Waals surface area contributed by atoms with Crippen molar-refractivity contribution in [2.75, 3.05) is 13.1 Å². The van der Waals surface area contributed by atoms with Crippen LogP contribution in [0.4, 0.5) is 4.79 Å². The summed E-state index contributed by atoms with van der Waals surface area (Å²) in [6, 6.07) is 5.94. The van der Waals surface area contributed by atoms with E-state index in [0.717, 1.165) is 30.4 Å². The summed E-state index contributed by atoms with van der Waals surface area (Å²) in [6.07, 6.45) is 2.31. The number of ether oxygens (including phenoxy) is 1. The Morgan fingerprint density at radius 2 is 1.74 bits per heavy atom. The fourth-order valence-electron chi connectivity index (χ4n) is 3.29.